The average molecular weight is 416 g/mol. The molecule has 0 saturated carbocycles. The largest absolute Gasteiger partial charge is 0.478 e. The highest BCUT2D eigenvalue weighted by molar-refractivity contribution is 7.91. The Morgan fingerprint density at radius 2 is 1.90 bits per heavy atom. The molecule has 8 nitrogen and oxygen atoms in total. The van der Waals surface area contributed by atoms with Crippen LogP contribution in [0.15, 0.2) is 47.4 Å². The van der Waals surface area contributed by atoms with Gasteiger partial charge in [0.25, 0.3) is 0 Å². The van der Waals surface area contributed by atoms with Gasteiger partial charge in [-0.15, -0.1) is 0 Å². The van der Waals surface area contributed by atoms with Crippen molar-refractivity contribution in [1.29, 1.82) is 0 Å². The van der Waals surface area contributed by atoms with Crippen molar-refractivity contribution in [1.82, 2.24) is 0 Å². The number of aromatic carboxylic acids is 1. The molecule has 1 aliphatic heterocycles. The van der Waals surface area contributed by atoms with E-state index in [0.29, 0.717) is 18.7 Å². The van der Waals surface area contributed by atoms with Crippen molar-refractivity contribution in [2.24, 2.45) is 0 Å². The number of sulfone groups is 1. The van der Waals surface area contributed by atoms with Gasteiger partial charge in [-0.2, -0.15) is 0 Å². The Kier molecular flexibility index (Phi) is 5.69. The molecule has 0 aliphatic carbocycles. The van der Waals surface area contributed by atoms with Crippen LogP contribution < -0.4 is 10.2 Å². The number of benzene rings is 2. The van der Waals surface area contributed by atoms with Crippen LogP contribution in [0.2, 0.25) is 0 Å². The Hall–Kier alpha value is -3.20. The Morgan fingerprint density at radius 1 is 1.14 bits per heavy atom. The van der Waals surface area contributed by atoms with E-state index in [4.69, 9.17) is 5.11 Å². The number of carboxylic acids is 1. The summed E-state index contributed by atoms with van der Waals surface area (Å²) in [5.41, 5.74) is 1.81. The number of hydrogen-bond donors (Lipinski definition) is 2. The minimum atomic E-state index is -3.69. The van der Waals surface area contributed by atoms with Gasteiger partial charge in [-0.3, -0.25) is 9.59 Å². The van der Waals surface area contributed by atoms with Crippen molar-refractivity contribution >= 4 is 39.0 Å². The summed E-state index contributed by atoms with van der Waals surface area (Å²) in [7, 11) is -3.69. The zero-order valence-corrected chi connectivity index (χ0v) is 16.5. The first-order chi connectivity index (χ1) is 13.7. The lowest BCUT2D eigenvalue weighted by Gasteiger charge is -2.15. The van der Waals surface area contributed by atoms with E-state index in [9.17, 15) is 22.8 Å². The van der Waals surface area contributed by atoms with Gasteiger partial charge in [-0.25, -0.2) is 13.2 Å². The number of carbonyl (C=O) groups is 3. The van der Waals surface area contributed by atoms with Crippen LogP contribution in [0, 0.1) is 0 Å². The molecular formula is C20H20N2O6S. The first kappa shape index (κ1) is 20.5. The third kappa shape index (κ3) is 4.62. The molecule has 0 aromatic heterocycles. The summed E-state index contributed by atoms with van der Waals surface area (Å²) >= 11 is 0. The number of amides is 2. The highest BCUT2D eigenvalue weighted by Gasteiger charge is 2.25. The summed E-state index contributed by atoms with van der Waals surface area (Å²) in [5.74, 6) is -2.13. The quantitative estimate of drug-likeness (QED) is 0.744. The van der Waals surface area contributed by atoms with Crippen molar-refractivity contribution in [2.75, 3.05) is 22.5 Å². The fraction of sp³-hybridized carbons (Fsp3) is 0.250. The summed E-state index contributed by atoms with van der Waals surface area (Å²) in [6.45, 7) is 1.98. The monoisotopic (exact) mass is 416 g/mol. The molecule has 2 N–H and O–H groups in total. The van der Waals surface area contributed by atoms with Crippen LogP contribution in [0.25, 0.3) is 0 Å². The smallest absolute Gasteiger partial charge is 0.335 e. The fourth-order valence-corrected chi connectivity index (χ4v) is 4.48. The molecule has 0 radical (unpaired) electrons. The van der Waals surface area contributed by atoms with Gasteiger partial charge in [0, 0.05) is 31.3 Å². The van der Waals surface area contributed by atoms with Crippen LogP contribution >= 0.6 is 0 Å². The Balaban J connectivity index is 1.66. The first-order valence-electron chi connectivity index (χ1n) is 8.94. The SMILES string of the molecule is CC(=O)N1CCc2cc(S(=O)(=O)CCC(=O)Nc3cccc(C(=O)O)c3)ccc21. The van der Waals surface area contributed by atoms with Crippen molar-refractivity contribution in [2.45, 2.75) is 24.7 Å². The normalized spacial score (nSPS) is 13.1. The predicted octanol–water partition coefficient (Wildman–Crippen LogP) is 2.10. The Labute approximate surface area is 168 Å². The molecule has 2 aromatic carbocycles. The Bertz CT molecular complexity index is 1090. The molecule has 2 amide bonds. The molecule has 0 unspecified atom stereocenters. The van der Waals surface area contributed by atoms with Gasteiger partial charge >= 0.3 is 5.97 Å². The lowest BCUT2D eigenvalue weighted by molar-refractivity contribution is -0.117. The second-order valence-electron chi connectivity index (χ2n) is 6.71. The summed E-state index contributed by atoms with van der Waals surface area (Å²) in [4.78, 5) is 36.4. The molecule has 2 aromatic rings. The molecule has 0 saturated heterocycles. The van der Waals surface area contributed by atoms with Crippen LogP contribution in [-0.4, -0.2) is 43.6 Å². The van der Waals surface area contributed by atoms with Crippen molar-refractivity contribution in [3.63, 3.8) is 0 Å². The molecular weight excluding hydrogens is 396 g/mol. The second-order valence-corrected chi connectivity index (χ2v) is 8.82. The maximum atomic E-state index is 12.6. The minimum Gasteiger partial charge on any atom is -0.478 e. The number of fused-ring (bicyclic) bond motifs is 1. The van der Waals surface area contributed by atoms with E-state index in [1.165, 1.54) is 37.3 Å². The Morgan fingerprint density at radius 3 is 2.59 bits per heavy atom. The van der Waals surface area contributed by atoms with E-state index in [-0.39, 0.29) is 34.2 Å². The average Bonchev–Trinajstić information content (AvgIpc) is 3.10. The number of nitrogens with zero attached hydrogens (tertiary/aromatic N) is 1. The second kappa shape index (κ2) is 8.04. The number of rotatable bonds is 6. The van der Waals surface area contributed by atoms with Crippen LogP contribution in [0.3, 0.4) is 0 Å². The highest BCUT2D eigenvalue weighted by Crippen LogP contribution is 2.30. The lowest BCUT2D eigenvalue weighted by atomic mass is 10.2. The third-order valence-electron chi connectivity index (χ3n) is 4.68. The molecule has 3 rings (SSSR count). The molecule has 0 spiro atoms. The summed E-state index contributed by atoms with van der Waals surface area (Å²) in [6.07, 6.45) is 0.314. The zero-order valence-electron chi connectivity index (χ0n) is 15.7. The molecule has 0 atom stereocenters. The van der Waals surface area contributed by atoms with Crippen molar-refractivity contribution in [3.05, 3.63) is 53.6 Å². The van der Waals surface area contributed by atoms with Gasteiger partial charge in [0.15, 0.2) is 9.84 Å². The van der Waals surface area contributed by atoms with Crippen molar-refractivity contribution < 1.29 is 27.9 Å². The molecule has 29 heavy (non-hydrogen) atoms. The van der Waals surface area contributed by atoms with Gasteiger partial charge in [0.1, 0.15) is 0 Å². The number of nitrogens with one attached hydrogen (secondary N) is 1. The van der Waals surface area contributed by atoms with Gasteiger partial charge < -0.3 is 15.3 Å². The van der Waals surface area contributed by atoms with Gasteiger partial charge in [0.05, 0.1) is 16.2 Å². The van der Waals surface area contributed by atoms with Gasteiger partial charge in [0.2, 0.25) is 11.8 Å². The zero-order chi connectivity index (χ0) is 21.2. The molecule has 0 fully saturated rings. The molecule has 1 heterocycles. The van der Waals surface area contributed by atoms with Crippen LogP contribution in [0.5, 0.6) is 0 Å². The van der Waals surface area contributed by atoms with Crippen LogP contribution in [0.1, 0.15) is 29.3 Å². The summed E-state index contributed by atoms with van der Waals surface area (Å²) in [6, 6.07) is 10.3. The topological polar surface area (TPSA) is 121 Å². The molecule has 9 heteroatoms. The van der Waals surface area contributed by atoms with E-state index in [2.05, 4.69) is 5.32 Å². The predicted molar refractivity (Wildman–Crippen MR) is 107 cm³/mol. The maximum absolute atomic E-state index is 12.6. The van der Waals surface area contributed by atoms with Crippen LogP contribution in [0.4, 0.5) is 11.4 Å². The number of hydrogen-bond acceptors (Lipinski definition) is 5. The van der Waals surface area contributed by atoms with E-state index < -0.39 is 21.7 Å². The molecule has 152 valence electrons. The molecule has 0 bridgehead atoms. The van der Waals surface area contributed by atoms with Gasteiger partial charge in [-0.1, -0.05) is 6.07 Å². The maximum Gasteiger partial charge on any atom is 0.335 e. The summed E-state index contributed by atoms with van der Waals surface area (Å²) in [5, 5.41) is 11.5. The minimum absolute atomic E-state index is 0.0215. The molecule has 1 aliphatic rings. The third-order valence-corrected chi connectivity index (χ3v) is 6.39. The lowest BCUT2D eigenvalue weighted by Crippen LogP contribution is -2.25. The first-order valence-corrected chi connectivity index (χ1v) is 10.6. The van der Waals surface area contributed by atoms with E-state index in [1.54, 1.807) is 17.0 Å². The van der Waals surface area contributed by atoms with E-state index >= 15 is 0 Å². The number of carboxylic acid groups (broad SMARTS) is 1. The number of carbonyl (C=O) groups excluding carboxylic acids is 2. The van der Waals surface area contributed by atoms with E-state index in [0.717, 1.165) is 5.56 Å². The van der Waals surface area contributed by atoms with Crippen LogP contribution in [-0.2, 0) is 25.8 Å². The highest BCUT2D eigenvalue weighted by atomic mass is 32.2. The standard InChI is InChI=1S/C20H20N2O6S/c1-13(23)22-9-7-14-12-17(5-6-18(14)22)29(27,28)10-8-19(24)21-16-4-2-3-15(11-16)20(25)26/h2-6,11-12H,7-10H2,1H3,(H,21,24)(H,25,26). The fourth-order valence-electron chi connectivity index (χ4n) is 3.20. The van der Waals surface area contributed by atoms with Gasteiger partial charge in [-0.05, 0) is 48.4 Å². The summed E-state index contributed by atoms with van der Waals surface area (Å²) < 4.78 is 25.2. The van der Waals surface area contributed by atoms with E-state index in [1.807, 2.05) is 0 Å². The number of anilines is 2. The van der Waals surface area contributed by atoms with Crippen molar-refractivity contribution in [3.8, 4) is 0 Å².